The van der Waals surface area contributed by atoms with Crippen LogP contribution in [0.15, 0.2) is 0 Å². The second kappa shape index (κ2) is 9.33. The van der Waals surface area contributed by atoms with Crippen LogP contribution in [0, 0.1) is 35.0 Å². The van der Waals surface area contributed by atoms with Crippen LogP contribution < -0.4 is 0 Å². The van der Waals surface area contributed by atoms with Crippen molar-refractivity contribution in [1.82, 2.24) is 0 Å². The van der Waals surface area contributed by atoms with Crippen molar-refractivity contribution < 1.29 is 4.79 Å². The fourth-order valence-electron chi connectivity index (χ4n) is 3.26. The van der Waals surface area contributed by atoms with Crippen LogP contribution >= 0.6 is 15.9 Å². The Bertz CT molecular complexity index is 303. The van der Waals surface area contributed by atoms with E-state index in [2.05, 4.69) is 71.3 Å². The number of carbonyl (C=O) groups excluding carboxylic acids is 1. The van der Waals surface area contributed by atoms with Gasteiger partial charge in [-0.05, 0) is 70.7 Å². The highest BCUT2D eigenvalue weighted by Gasteiger charge is 2.26. The van der Waals surface area contributed by atoms with E-state index in [1.807, 2.05) is 0 Å². The Morgan fingerprint density at radius 3 is 1.86 bits per heavy atom. The molecule has 0 aromatic carbocycles. The molecule has 4 unspecified atom stereocenters. The summed E-state index contributed by atoms with van der Waals surface area (Å²) in [5.41, 5.74) is 0.380. The lowest BCUT2D eigenvalue weighted by atomic mass is 9.78. The molecule has 0 aliphatic heterocycles. The third-order valence-corrected chi connectivity index (χ3v) is 5.38. The average molecular weight is 361 g/mol. The molecule has 4 atom stereocenters. The minimum absolute atomic E-state index is 0.175. The first-order valence-electron chi connectivity index (χ1n) is 8.63. The van der Waals surface area contributed by atoms with E-state index in [0.29, 0.717) is 29.1 Å². The molecular formula is C19H37BrO. The van der Waals surface area contributed by atoms with Crippen molar-refractivity contribution in [2.45, 2.75) is 81.1 Å². The Morgan fingerprint density at radius 1 is 0.952 bits per heavy atom. The highest BCUT2D eigenvalue weighted by molar-refractivity contribution is 9.18. The molecule has 126 valence electrons. The van der Waals surface area contributed by atoms with E-state index in [1.54, 1.807) is 0 Å². The standard InChI is InChI=1S/C19H37BrO/c1-13(2)15(4)11-16(5)17(18(20)21)10-9-14(3)12-19(6,7)8/h13-17H,9-12H2,1-8H3. The van der Waals surface area contributed by atoms with Gasteiger partial charge in [0.05, 0.1) is 0 Å². The molecule has 0 heterocycles. The van der Waals surface area contributed by atoms with Gasteiger partial charge >= 0.3 is 0 Å². The summed E-state index contributed by atoms with van der Waals surface area (Å²) in [5.74, 6) is 2.71. The smallest absolute Gasteiger partial charge is 0.201 e. The molecule has 0 saturated carbocycles. The van der Waals surface area contributed by atoms with Crippen LogP contribution in [0.1, 0.15) is 81.1 Å². The SMILES string of the molecule is CC(CCC(C(=O)Br)C(C)CC(C)C(C)C)CC(C)(C)C. The summed E-state index contributed by atoms with van der Waals surface area (Å²) in [4.78, 5) is 12.0. The second-order valence-electron chi connectivity index (χ2n) is 8.79. The minimum Gasteiger partial charge on any atom is -0.286 e. The van der Waals surface area contributed by atoms with Crippen molar-refractivity contribution in [2.75, 3.05) is 0 Å². The van der Waals surface area contributed by atoms with Crippen LogP contribution in [0.3, 0.4) is 0 Å². The normalized spacial score (nSPS) is 18.4. The van der Waals surface area contributed by atoms with Gasteiger partial charge in [0.2, 0.25) is 4.69 Å². The molecule has 0 saturated heterocycles. The zero-order valence-corrected chi connectivity index (χ0v) is 17.1. The van der Waals surface area contributed by atoms with Crippen LogP contribution in [0.5, 0.6) is 0 Å². The van der Waals surface area contributed by atoms with E-state index >= 15 is 0 Å². The molecule has 0 fully saturated rings. The molecule has 0 amide bonds. The van der Waals surface area contributed by atoms with E-state index in [4.69, 9.17) is 0 Å². The molecule has 0 spiro atoms. The number of rotatable bonds is 9. The quantitative estimate of drug-likeness (QED) is 0.418. The lowest BCUT2D eigenvalue weighted by Crippen LogP contribution is -2.22. The van der Waals surface area contributed by atoms with Crippen LogP contribution in [-0.2, 0) is 4.79 Å². The second-order valence-corrected chi connectivity index (χ2v) is 9.57. The summed E-state index contributed by atoms with van der Waals surface area (Å²) >= 11 is 3.24. The van der Waals surface area contributed by atoms with Crippen LogP contribution in [-0.4, -0.2) is 4.69 Å². The molecule has 0 aliphatic carbocycles. The minimum atomic E-state index is 0.175. The maximum Gasteiger partial charge on any atom is 0.201 e. The number of hydrogen-bond donors (Lipinski definition) is 0. The summed E-state index contributed by atoms with van der Waals surface area (Å²) in [5, 5.41) is 0. The average Bonchev–Trinajstić information content (AvgIpc) is 2.25. The predicted octanol–water partition coefficient (Wildman–Crippen LogP) is 6.69. The first-order valence-corrected chi connectivity index (χ1v) is 9.42. The molecule has 2 heteroatoms. The van der Waals surface area contributed by atoms with Gasteiger partial charge in [-0.3, -0.25) is 4.79 Å². The van der Waals surface area contributed by atoms with E-state index in [0.717, 1.165) is 19.3 Å². The Balaban J connectivity index is 4.46. The molecule has 1 nitrogen and oxygen atoms in total. The Labute approximate surface area is 141 Å². The fraction of sp³-hybridized carbons (Fsp3) is 0.947. The third kappa shape index (κ3) is 9.71. The molecule has 0 aromatic heterocycles. The Hall–Kier alpha value is 0.150. The highest BCUT2D eigenvalue weighted by Crippen LogP contribution is 2.33. The third-order valence-electron chi connectivity index (χ3n) is 4.79. The topological polar surface area (TPSA) is 17.1 Å². The van der Waals surface area contributed by atoms with Gasteiger partial charge < -0.3 is 0 Å². The summed E-state index contributed by atoms with van der Waals surface area (Å²) in [7, 11) is 0. The van der Waals surface area contributed by atoms with Crippen molar-refractivity contribution in [2.24, 2.45) is 35.0 Å². The number of carbonyl (C=O) groups is 1. The van der Waals surface area contributed by atoms with Gasteiger partial charge in [-0.2, -0.15) is 0 Å². The van der Waals surface area contributed by atoms with Gasteiger partial charge in [-0.15, -0.1) is 0 Å². The number of halogens is 1. The Morgan fingerprint density at radius 2 is 1.48 bits per heavy atom. The van der Waals surface area contributed by atoms with Crippen molar-refractivity contribution in [3.63, 3.8) is 0 Å². The van der Waals surface area contributed by atoms with Gasteiger partial charge in [0.15, 0.2) is 0 Å². The van der Waals surface area contributed by atoms with Crippen molar-refractivity contribution >= 4 is 20.6 Å². The maximum atomic E-state index is 12.0. The van der Waals surface area contributed by atoms with Crippen LogP contribution in [0.4, 0.5) is 0 Å². The molecular weight excluding hydrogens is 324 g/mol. The van der Waals surface area contributed by atoms with Gasteiger partial charge in [0.25, 0.3) is 0 Å². The van der Waals surface area contributed by atoms with Crippen LogP contribution in [0.25, 0.3) is 0 Å². The van der Waals surface area contributed by atoms with E-state index in [-0.39, 0.29) is 10.6 Å². The molecule has 0 bridgehead atoms. The first kappa shape index (κ1) is 21.1. The van der Waals surface area contributed by atoms with Crippen molar-refractivity contribution in [1.29, 1.82) is 0 Å². The van der Waals surface area contributed by atoms with Crippen molar-refractivity contribution in [3.8, 4) is 0 Å². The zero-order chi connectivity index (χ0) is 16.8. The largest absolute Gasteiger partial charge is 0.286 e. The molecule has 0 aliphatic rings. The maximum absolute atomic E-state index is 12.0. The van der Waals surface area contributed by atoms with Gasteiger partial charge in [-0.1, -0.05) is 55.4 Å². The predicted molar refractivity (Wildman–Crippen MR) is 97.7 cm³/mol. The first-order chi connectivity index (χ1) is 9.44. The molecule has 0 radical (unpaired) electrons. The summed E-state index contributed by atoms with van der Waals surface area (Å²) in [6.45, 7) is 18.3. The number of hydrogen-bond acceptors (Lipinski definition) is 1. The van der Waals surface area contributed by atoms with Gasteiger partial charge in [0, 0.05) is 5.92 Å². The summed E-state index contributed by atoms with van der Waals surface area (Å²) in [6.07, 6.45) is 4.55. The summed E-state index contributed by atoms with van der Waals surface area (Å²) in [6, 6.07) is 0. The monoisotopic (exact) mass is 360 g/mol. The lowest BCUT2D eigenvalue weighted by molar-refractivity contribution is -0.115. The summed E-state index contributed by atoms with van der Waals surface area (Å²) < 4.78 is 0.203. The van der Waals surface area contributed by atoms with E-state index in [9.17, 15) is 4.79 Å². The fourth-order valence-corrected chi connectivity index (χ4v) is 3.94. The van der Waals surface area contributed by atoms with Crippen molar-refractivity contribution in [3.05, 3.63) is 0 Å². The van der Waals surface area contributed by atoms with E-state index < -0.39 is 0 Å². The van der Waals surface area contributed by atoms with Gasteiger partial charge in [-0.25, -0.2) is 0 Å². The molecule has 0 rings (SSSR count). The molecule has 0 N–H and O–H groups in total. The zero-order valence-electron chi connectivity index (χ0n) is 15.5. The Kier molecular flexibility index (Phi) is 9.39. The van der Waals surface area contributed by atoms with Crippen LogP contribution in [0.2, 0.25) is 0 Å². The highest BCUT2D eigenvalue weighted by atomic mass is 79.9. The lowest BCUT2D eigenvalue weighted by Gasteiger charge is -2.28. The molecule has 21 heavy (non-hydrogen) atoms. The van der Waals surface area contributed by atoms with E-state index in [1.165, 1.54) is 6.42 Å². The molecule has 0 aromatic rings. The van der Waals surface area contributed by atoms with Gasteiger partial charge in [0.1, 0.15) is 0 Å².